The van der Waals surface area contributed by atoms with Gasteiger partial charge in [0.1, 0.15) is 0 Å². The van der Waals surface area contributed by atoms with Crippen LogP contribution >= 0.6 is 0 Å². The highest BCUT2D eigenvalue weighted by atomic mass is 16.7. The Labute approximate surface area is 90.6 Å². The highest BCUT2D eigenvalue weighted by Gasteiger charge is 2.19. The maximum Gasteiger partial charge on any atom is 0.172 e. The van der Waals surface area contributed by atoms with Gasteiger partial charge in [0.15, 0.2) is 6.29 Å². The zero-order valence-corrected chi connectivity index (χ0v) is 9.43. The SMILES string of the molecule is CNC(Cc1cccnc1)C(OC)OC. The van der Waals surface area contributed by atoms with E-state index in [1.807, 2.05) is 25.4 Å². The first-order valence-electron chi connectivity index (χ1n) is 4.93. The van der Waals surface area contributed by atoms with Crippen molar-refractivity contribution in [3.05, 3.63) is 30.1 Å². The van der Waals surface area contributed by atoms with E-state index in [4.69, 9.17) is 9.47 Å². The summed E-state index contributed by atoms with van der Waals surface area (Å²) in [6.45, 7) is 0. The van der Waals surface area contributed by atoms with Crippen LogP contribution in [0.2, 0.25) is 0 Å². The van der Waals surface area contributed by atoms with Crippen molar-refractivity contribution in [1.82, 2.24) is 10.3 Å². The molecule has 0 aliphatic heterocycles. The number of pyridine rings is 1. The molecule has 1 aromatic heterocycles. The summed E-state index contributed by atoms with van der Waals surface area (Å²) in [6, 6.07) is 4.10. The van der Waals surface area contributed by atoms with E-state index in [1.165, 1.54) is 0 Å². The predicted octanol–water partition coefficient (Wildman–Crippen LogP) is 0.831. The third-order valence-electron chi connectivity index (χ3n) is 2.34. The van der Waals surface area contributed by atoms with Gasteiger partial charge in [-0.2, -0.15) is 0 Å². The molecule has 84 valence electrons. The van der Waals surface area contributed by atoms with Crippen LogP contribution in [-0.4, -0.2) is 38.6 Å². The summed E-state index contributed by atoms with van der Waals surface area (Å²) in [5.41, 5.74) is 1.16. The zero-order valence-electron chi connectivity index (χ0n) is 9.43. The van der Waals surface area contributed by atoms with Crippen molar-refractivity contribution in [2.24, 2.45) is 0 Å². The average molecular weight is 210 g/mol. The predicted molar refractivity (Wildman–Crippen MR) is 58.6 cm³/mol. The first kappa shape index (κ1) is 12.1. The molecule has 0 fully saturated rings. The summed E-state index contributed by atoms with van der Waals surface area (Å²) in [7, 11) is 5.18. The molecular formula is C11H18N2O2. The molecule has 4 nitrogen and oxygen atoms in total. The highest BCUT2D eigenvalue weighted by Crippen LogP contribution is 2.07. The van der Waals surface area contributed by atoms with Crippen molar-refractivity contribution < 1.29 is 9.47 Å². The second kappa shape index (κ2) is 6.50. The molecule has 0 saturated carbocycles. The van der Waals surface area contributed by atoms with E-state index in [2.05, 4.69) is 10.3 Å². The van der Waals surface area contributed by atoms with Crippen LogP contribution in [0.3, 0.4) is 0 Å². The van der Waals surface area contributed by atoms with Gasteiger partial charge < -0.3 is 14.8 Å². The Bertz CT molecular complexity index is 263. The van der Waals surface area contributed by atoms with Crippen LogP contribution in [0.25, 0.3) is 0 Å². The van der Waals surface area contributed by atoms with Gasteiger partial charge in [-0.1, -0.05) is 6.07 Å². The molecule has 15 heavy (non-hydrogen) atoms. The topological polar surface area (TPSA) is 43.4 Å². The van der Waals surface area contributed by atoms with Gasteiger partial charge in [-0.15, -0.1) is 0 Å². The fourth-order valence-corrected chi connectivity index (χ4v) is 1.53. The van der Waals surface area contributed by atoms with Gasteiger partial charge in [-0.3, -0.25) is 4.98 Å². The van der Waals surface area contributed by atoms with Gasteiger partial charge in [0.25, 0.3) is 0 Å². The lowest BCUT2D eigenvalue weighted by molar-refractivity contribution is -0.121. The van der Waals surface area contributed by atoms with Crippen molar-refractivity contribution in [1.29, 1.82) is 0 Å². The van der Waals surface area contributed by atoms with E-state index in [9.17, 15) is 0 Å². The van der Waals surface area contributed by atoms with E-state index >= 15 is 0 Å². The summed E-state index contributed by atoms with van der Waals surface area (Å²) < 4.78 is 10.4. The molecule has 0 aromatic carbocycles. The average Bonchev–Trinajstić information content (AvgIpc) is 2.30. The second-order valence-corrected chi connectivity index (χ2v) is 3.30. The fourth-order valence-electron chi connectivity index (χ4n) is 1.53. The third kappa shape index (κ3) is 3.58. The fraction of sp³-hybridized carbons (Fsp3) is 0.545. The number of ether oxygens (including phenoxy) is 2. The van der Waals surface area contributed by atoms with Crippen LogP contribution in [-0.2, 0) is 15.9 Å². The zero-order chi connectivity index (χ0) is 11.1. The molecule has 0 radical (unpaired) electrons. The van der Waals surface area contributed by atoms with E-state index < -0.39 is 0 Å². The van der Waals surface area contributed by atoms with Gasteiger partial charge in [0, 0.05) is 26.6 Å². The molecule has 1 atom stereocenters. The first-order valence-corrected chi connectivity index (χ1v) is 4.93. The molecule has 1 heterocycles. The quantitative estimate of drug-likeness (QED) is 0.706. The molecular weight excluding hydrogens is 192 g/mol. The number of nitrogens with one attached hydrogen (secondary N) is 1. The van der Waals surface area contributed by atoms with Crippen molar-refractivity contribution in [2.45, 2.75) is 18.8 Å². The number of methoxy groups -OCH3 is 2. The number of aromatic nitrogens is 1. The lowest BCUT2D eigenvalue weighted by atomic mass is 10.1. The minimum absolute atomic E-state index is 0.129. The highest BCUT2D eigenvalue weighted by molar-refractivity contribution is 5.10. The summed E-state index contributed by atoms with van der Waals surface area (Å²) in [6.07, 6.45) is 4.21. The van der Waals surface area contributed by atoms with Crippen LogP contribution in [0.1, 0.15) is 5.56 Å². The maximum atomic E-state index is 5.22. The van der Waals surface area contributed by atoms with Crippen molar-refractivity contribution in [3.63, 3.8) is 0 Å². The molecule has 4 heteroatoms. The van der Waals surface area contributed by atoms with Crippen LogP contribution in [0.5, 0.6) is 0 Å². The van der Waals surface area contributed by atoms with Crippen molar-refractivity contribution in [3.8, 4) is 0 Å². The normalized spacial score (nSPS) is 13.1. The Kier molecular flexibility index (Phi) is 5.25. The third-order valence-corrected chi connectivity index (χ3v) is 2.34. The maximum absolute atomic E-state index is 5.22. The van der Waals surface area contributed by atoms with Gasteiger partial charge >= 0.3 is 0 Å². The Morgan fingerprint density at radius 2 is 2.13 bits per heavy atom. The van der Waals surface area contributed by atoms with E-state index in [1.54, 1.807) is 20.4 Å². The Morgan fingerprint density at radius 3 is 2.60 bits per heavy atom. The van der Waals surface area contributed by atoms with E-state index in [0.29, 0.717) is 0 Å². The largest absolute Gasteiger partial charge is 0.354 e. The monoisotopic (exact) mass is 210 g/mol. The van der Waals surface area contributed by atoms with Crippen molar-refractivity contribution in [2.75, 3.05) is 21.3 Å². The summed E-state index contributed by atoms with van der Waals surface area (Å²) in [5, 5.41) is 3.17. The number of likely N-dealkylation sites (N-methyl/N-ethyl adjacent to an activating group) is 1. The number of rotatable bonds is 6. The molecule has 0 spiro atoms. The molecule has 0 aliphatic rings. The van der Waals surface area contributed by atoms with Crippen LogP contribution in [0.15, 0.2) is 24.5 Å². The first-order chi connectivity index (χ1) is 7.31. The summed E-state index contributed by atoms with van der Waals surface area (Å²) in [5.74, 6) is 0. The Morgan fingerprint density at radius 1 is 1.40 bits per heavy atom. The van der Waals surface area contributed by atoms with Crippen LogP contribution in [0, 0.1) is 0 Å². The summed E-state index contributed by atoms with van der Waals surface area (Å²) in [4.78, 5) is 4.07. The van der Waals surface area contributed by atoms with Gasteiger partial charge in [0.05, 0.1) is 6.04 Å². The Balaban J connectivity index is 2.61. The molecule has 1 aromatic rings. The molecule has 0 amide bonds. The summed E-state index contributed by atoms with van der Waals surface area (Å²) >= 11 is 0. The van der Waals surface area contributed by atoms with E-state index in [-0.39, 0.29) is 12.3 Å². The molecule has 1 rings (SSSR count). The van der Waals surface area contributed by atoms with Crippen molar-refractivity contribution >= 4 is 0 Å². The smallest absolute Gasteiger partial charge is 0.172 e. The van der Waals surface area contributed by atoms with E-state index in [0.717, 1.165) is 12.0 Å². The number of nitrogens with zero attached hydrogens (tertiary/aromatic N) is 1. The lowest BCUT2D eigenvalue weighted by Crippen LogP contribution is -2.41. The second-order valence-electron chi connectivity index (χ2n) is 3.30. The minimum Gasteiger partial charge on any atom is -0.354 e. The number of hydrogen-bond acceptors (Lipinski definition) is 4. The lowest BCUT2D eigenvalue weighted by Gasteiger charge is -2.24. The Hall–Kier alpha value is -0.970. The van der Waals surface area contributed by atoms with Gasteiger partial charge in [-0.05, 0) is 25.1 Å². The molecule has 1 N–H and O–H groups in total. The minimum atomic E-state index is -0.241. The standard InChI is InChI=1S/C11H18N2O2/c1-12-10(11(14-2)15-3)7-9-5-4-6-13-8-9/h4-6,8,10-12H,7H2,1-3H3. The van der Waals surface area contributed by atoms with Crippen LogP contribution in [0.4, 0.5) is 0 Å². The molecule has 0 bridgehead atoms. The van der Waals surface area contributed by atoms with Crippen LogP contribution < -0.4 is 5.32 Å². The van der Waals surface area contributed by atoms with Gasteiger partial charge in [0.2, 0.25) is 0 Å². The van der Waals surface area contributed by atoms with Gasteiger partial charge in [-0.25, -0.2) is 0 Å². The molecule has 0 aliphatic carbocycles. The molecule has 0 saturated heterocycles. The molecule has 1 unspecified atom stereocenters. The number of hydrogen-bond donors (Lipinski definition) is 1.